The van der Waals surface area contributed by atoms with E-state index in [1.807, 2.05) is 0 Å². The molecule has 1 heteroatoms. The van der Waals surface area contributed by atoms with Gasteiger partial charge in [-0.25, -0.2) is 0 Å². The first-order chi connectivity index (χ1) is 10.3. The molecule has 126 valence electrons. The van der Waals surface area contributed by atoms with Gasteiger partial charge in [-0.05, 0) is 26.2 Å². The van der Waals surface area contributed by atoms with Gasteiger partial charge in [0.1, 0.15) is 0 Å². The topological polar surface area (TPSA) is 0 Å². The fourth-order valence-electron chi connectivity index (χ4n) is 2.74. The fraction of sp³-hybridized carbons (Fsp3) is 0.900. The van der Waals surface area contributed by atoms with Crippen LogP contribution in [0, 0.1) is 0 Å². The second-order valence-corrected chi connectivity index (χ2v) is 8.96. The summed E-state index contributed by atoms with van der Waals surface area (Å²) < 4.78 is 0. The van der Waals surface area contributed by atoms with Gasteiger partial charge in [0.05, 0.1) is 0 Å². The lowest BCUT2D eigenvalue weighted by atomic mass is 10.0. The number of hydrogen-bond donors (Lipinski definition) is 0. The third-order valence-corrected chi connectivity index (χ3v) is 4.93. The Morgan fingerprint density at radius 1 is 0.571 bits per heavy atom. The molecule has 0 aromatic heterocycles. The van der Waals surface area contributed by atoms with Crippen LogP contribution in [0.4, 0.5) is 0 Å². The van der Waals surface area contributed by atoms with Gasteiger partial charge in [-0.15, -0.1) is 0 Å². The van der Waals surface area contributed by atoms with E-state index in [1.165, 1.54) is 96.3 Å². The van der Waals surface area contributed by atoms with E-state index in [-0.39, 0.29) is 7.92 Å². The third-order valence-electron chi connectivity index (χ3n) is 4.13. The Kier molecular flexibility index (Phi) is 18.4. The zero-order valence-corrected chi connectivity index (χ0v) is 16.1. The first-order valence-corrected chi connectivity index (χ1v) is 11.9. The van der Waals surface area contributed by atoms with Crippen molar-refractivity contribution in [2.45, 2.75) is 103 Å². The lowest BCUT2D eigenvalue weighted by Crippen LogP contribution is -1.83. The molecule has 21 heavy (non-hydrogen) atoms. The van der Waals surface area contributed by atoms with Crippen LogP contribution in [-0.2, 0) is 0 Å². The average molecular weight is 313 g/mol. The maximum absolute atomic E-state index is 2.40. The van der Waals surface area contributed by atoms with Crippen molar-refractivity contribution in [3.8, 4) is 0 Å². The van der Waals surface area contributed by atoms with Crippen LogP contribution >= 0.6 is 7.92 Å². The van der Waals surface area contributed by atoms with E-state index in [0.29, 0.717) is 0 Å². The molecular formula is C20H41P. The summed E-state index contributed by atoms with van der Waals surface area (Å²) in [5.74, 6) is 2.40. The molecule has 0 saturated heterocycles. The first kappa shape index (κ1) is 21.2. The van der Waals surface area contributed by atoms with E-state index in [1.54, 1.807) is 0 Å². The molecule has 0 bridgehead atoms. The minimum atomic E-state index is 0.176. The smallest absolute Gasteiger partial charge is 0.0347 e. The Morgan fingerprint density at radius 3 is 1.33 bits per heavy atom. The number of rotatable bonds is 16. The zero-order valence-electron chi connectivity index (χ0n) is 15.2. The molecule has 0 aromatic carbocycles. The van der Waals surface area contributed by atoms with Gasteiger partial charge in [0.25, 0.3) is 0 Å². The molecule has 0 fully saturated rings. The monoisotopic (exact) mass is 312 g/mol. The normalized spacial score (nSPS) is 11.8. The van der Waals surface area contributed by atoms with Crippen LogP contribution in [-0.4, -0.2) is 13.3 Å². The fourth-order valence-corrected chi connectivity index (χ4v) is 3.31. The SMILES string of the molecule is CCCCCCCCCCCCCCCCC=CP(C)C. The predicted octanol–water partition coefficient (Wildman–Crippen LogP) is 8.11. The summed E-state index contributed by atoms with van der Waals surface area (Å²) in [6.45, 7) is 6.93. The molecule has 0 heterocycles. The molecule has 0 amide bonds. The van der Waals surface area contributed by atoms with Gasteiger partial charge >= 0.3 is 0 Å². The molecule has 0 spiro atoms. The molecule has 0 aliphatic rings. The van der Waals surface area contributed by atoms with Crippen LogP contribution in [0.5, 0.6) is 0 Å². The maximum Gasteiger partial charge on any atom is -0.0347 e. The Hall–Kier alpha value is 0.170. The van der Waals surface area contributed by atoms with Crippen LogP contribution in [0.15, 0.2) is 11.9 Å². The van der Waals surface area contributed by atoms with Crippen LogP contribution < -0.4 is 0 Å². The van der Waals surface area contributed by atoms with Gasteiger partial charge in [-0.3, -0.25) is 0 Å². The summed E-state index contributed by atoms with van der Waals surface area (Å²) in [6, 6.07) is 0. The minimum Gasteiger partial charge on any atom is -0.0900 e. The van der Waals surface area contributed by atoms with E-state index in [2.05, 4.69) is 32.1 Å². The highest BCUT2D eigenvalue weighted by molar-refractivity contribution is 7.59. The second kappa shape index (κ2) is 18.2. The molecule has 0 aliphatic heterocycles. The summed E-state index contributed by atoms with van der Waals surface area (Å²) in [7, 11) is 0.176. The molecule has 0 atom stereocenters. The standard InChI is InChI=1S/C20H41P/c1-4-5-6-7-8-9-10-11-12-13-14-15-16-17-18-19-20-21(2)3/h19-20H,4-18H2,1-3H3. The molecule has 0 aliphatic carbocycles. The van der Waals surface area contributed by atoms with E-state index < -0.39 is 0 Å². The van der Waals surface area contributed by atoms with E-state index in [9.17, 15) is 0 Å². The molecule has 0 unspecified atom stereocenters. The zero-order chi connectivity index (χ0) is 15.6. The van der Waals surface area contributed by atoms with Crippen molar-refractivity contribution in [3.63, 3.8) is 0 Å². The minimum absolute atomic E-state index is 0.176. The largest absolute Gasteiger partial charge is 0.0900 e. The first-order valence-electron chi connectivity index (χ1n) is 9.60. The van der Waals surface area contributed by atoms with Gasteiger partial charge in [-0.1, -0.05) is 110 Å². The van der Waals surface area contributed by atoms with Crippen LogP contribution in [0.2, 0.25) is 0 Å². The van der Waals surface area contributed by atoms with E-state index in [0.717, 1.165) is 0 Å². The average Bonchev–Trinajstić information content (AvgIpc) is 2.46. The lowest BCUT2D eigenvalue weighted by molar-refractivity contribution is 0.536. The van der Waals surface area contributed by atoms with Crippen LogP contribution in [0.3, 0.4) is 0 Å². The Morgan fingerprint density at radius 2 is 0.952 bits per heavy atom. The maximum atomic E-state index is 2.40. The number of hydrogen-bond acceptors (Lipinski definition) is 0. The highest BCUT2D eigenvalue weighted by Gasteiger charge is 1.93. The van der Waals surface area contributed by atoms with Gasteiger partial charge < -0.3 is 0 Å². The molecule has 0 rings (SSSR count). The molecule has 0 aromatic rings. The molecule has 0 radical (unpaired) electrons. The lowest BCUT2D eigenvalue weighted by Gasteiger charge is -2.03. The van der Waals surface area contributed by atoms with Crippen molar-refractivity contribution in [2.24, 2.45) is 0 Å². The highest BCUT2D eigenvalue weighted by atomic mass is 31.1. The quantitative estimate of drug-likeness (QED) is 0.199. The summed E-state index contributed by atoms with van der Waals surface area (Å²) in [5, 5.41) is 0. The Bertz CT molecular complexity index is 208. The summed E-state index contributed by atoms with van der Waals surface area (Å²) in [6.07, 6.45) is 24.1. The van der Waals surface area contributed by atoms with E-state index in [4.69, 9.17) is 0 Å². The van der Waals surface area contributed by atoms with Crippen molar-refractivity contribution in [3.05, 3.63) is 11.9 Å². The molecule has 0 saturated carbocycles. The number of unbranched alkanes of at least 4 members (excludes halogenated alkanes) is 14. The van der Waals surface area contributed by atoms with Crippen molar-refractivity contribution < 1.29 is 0 Å². The van der Waals surface area contributed by atoms with Gasteiger partial charge in [0.2, 0.25) is 0 Å². The summed E-state index contributed by atoms with van der Waals surface area (Å²) in [5.41, 5.74) is 0. The second-order valence-electron chi connectivity index (χ2n) is 6.73. The predicted molar refractivity (Wildman–Crippen MR) is 103 cm³/mol. The highest BCUT2D eigenvalue weighted by Crippen LogP contribution is 2.26. The van der Waals surface area contributed by atoms with Crippen molar-refractivity contribution >= 4 is 7.92 Å². The molecule has 0 nitrogen and oxygen atoms in total. The molecule has 0 N–H and O–H groups in total. The van der Waals surface area contributed by atoms with E-state index >= 15 is 0 Å². The van der Waals surface area contributed by atoms with Crippen molar-refractivity contribution in [1.29, 1.82) is 0 Å². The van der Waals surface area contributed by atoms with Crippen molar-refractivity contribution in [2.75, 3.05) is 13.3 Å². The van der Waals surface area contributed by atoms with Gasteiger partial charge in [0.15, 0.2) is 0 Å². The summed E-state index contributed by atoms with van der Waals surface area (Å²) >= 11 is 0. The van der Waals surface area contributed by atoms with Crippen LogP contribution in [0.1, 0.15) is 103 Å². The van der Waals surface area contributed by atoms with Gasteiger partial charge in [-0.2, -0.15) is 0 Å². The molecular weight excluding hydrogens is 271 g/mol. The Balaban J connectivity index is 2.99. The number of allylic oxidation sites excluding steroid dienone is 1. The van der Waals surface area contributed by atoms with Crippen LogP contribution in [0.25, 0.3) is 0 Å². The summed E-state index contributed by atoms with van der Waals surface area (Å²) in [4.78, 5) is 0. The van der Waals surface area contributed by atoms with Gasteiger partial charge in [0, 0.05) is 0 Å². The third kappa shape index (κ3) is 20.2. The van der Waals surface area contributed by atoms with Crippen molar-refractivity contribution in [1.82, 2.24) is 0 Å². The Labute approximate surface area is 136 Å².